The molecular formula is C13H18O2. The van der Waals surface area contributed by atoms with Gasteiger partial charge in [0.25, 0.3) is 0 Å². The number of hydrogen-bond acceptors (Lipinski definition) is 2. The molecule has 1 aromatic carbocycles. The summed E-state index contributed by atoms with van der Waals surface area (Å²) >= 11 is 0. The fourth-order valence-corrected chi connectivity index (χ4v) is 1.93. The van der Waals surface area contributed by atoms with Gasteiger partial charge in [-0.3, -0.25) is 0 Å². The lowest BCUT2D eigenvalue weighted by Crippen LogP contribution is -2.05. The SMILES string of the molecule is CCC(O)CCc1ccc2c(c1)CCO2. The van der Waals surface area contributed by atoms with Crippen molar-refractivity contribution in [3.8, 4) is 5.75 Å². The highest BCUT2D eigenvalue weighted by Crippen LogP contribution is 2.26. The van der Waals surface area contributed by atoms with Gasteiger partial charge in [0.05, 0.1) is 12.7 Å². The summed E-state index contributed by atoms with van der Waals surface area (Å²) in [5.74, 6) is 1.04. The number of benzene rings is 1. The lowest BCUT2D eigenvalue weighted by atomic mass is 10.0. The molecule has 0 saturated carbocycles. The van der Waals surface area contributed by atoms with E-state index in [0.717, 1.165) is 38.0 Å². The average Bonchev–Trinajstić information content (AvgIpc) is 2.72. The van der Waals surface area contributed by atoms with Gasteiger partial charge in [-0.25, -0.2) is 0 Å². The molecule has 1 aliphatic heterocycles. The second-order valence-corrected chi connectivity index (χ2v) is 4.14. The van der Waals surface area contributed by atoms with Gasteiger partial charge in [0.15, 0.2) is 0 Å². The lowest BCUT2D eigenvalue weighted by Gasteiger charge is -2.08. The molecule has 1 unspecified atom stereocenters. The van der Waals surface area contributed by atoms with Crippen LogP contribution >= 0.6 is 0 Å². The summed E-state index contributed by atoms with van der Waals surface area (Å²) in [6.45, 7) is 2.83. The Morgan fingerprint density at radius 1 is 1.47 bits per heavy atom. The van der Waals surface area contributed by atoms with E-state index in [0.29, 0.717) is 0 Å². The van der Waals surface area contributed by atoms with Crippen molar-refractivity contribution in [3.63, 3.8) is 0 Å². The second-order valence-electron chi connectivity index (χ2n) is 4.14. The molecule has 1 atom stereocenters. The number of ether oxygens (including phenoxy) is 1. The van der Waals surface area contributed by atoms with Crippen molar-refractivity contribution in [2.75, 3.05) is 6.61 Å². The second kappa shape index (κ2) is 4.67. The normalized spacial score (nSPS) is 15.9. The van der Waals surface area contributed by atoms with E-state index >= 15 is 0 Å². The van der Waals surface area contributed by atoms with Crippen LogP contribution in [-0.2, 0) is 12.8 Å². The predicted molar refractivity (Wildman–Crippen MR) is 60.3 cm³/mol. The molecule has 1 aliphatic rings. The van der Waals surface area contributed by atoms with Gasteiger partial charge in [-0.1, -0.05) is 19.1 Å². The molecule has 0 fully saturated rings. The number of fused-ring (bicyclic) bond motifs is 1. The van der Waals surface area contributed by atoms with Gasteiger partial charge in [0.2, 0.25) is 0 Å². The summed E-state index contributed by atoms with van der Waals surface area (Å²) < 4.78 is 5.45. The summed E-state index contributed by atoms with van der Waals surface area (Å²) in [6, 6.07) is 6.37. The topological polar surface area (TPSA) is 29.5 Å². The van der Waals surface area contributed by atoms with E-state index in [1.165, 1.54) is 11.1 Å². The van der Waals surface area contributed by atoms with E-state index in [9.17, 15) is 5.11 Å². The maximum atomic E-state index is 9.49. The fourth-order valence-electron chi connectivity index (χ4n) is 1.93. The summed E-state index contributed by atoms with van der Waals surface area (Å²) in [5, 5.41) is 9.49. The molecule has 1 heterocycles. The van der Waals surface area contributed by atoms with Crippen LogP contribution in [0.4, 0.5) is 0 Å². The van der Waals surface area contributed by atoms with Crippen molar-refractivity contribution >= 4 is 0 Å². The molecule has 2 nitrogen and oxygen atoms in total. The molecule has 0 amide bonds. The van der Waals surface area contributed by atoms with Gasteiger partial charge in [-0.2, -0.15) is 0 Å². The molecule has 2 rings (SSSR count). The molecule has 15 heavy (non-hydrogen) atoms. The summed E-state index contributed by atoms with van der Waals surface area (Å²) in [5.41, 5.74) is 2.63. The van der Waals surface area contributed by atoms with E-state index in [-0.39, 0.29) is 6.10 Å². The zero-order chi connectivity index (χ0) is 10.7. The fraction of sp³-hybridized carbons (Fsp3) is 0.538. The van der Waals surface area contributed by atoms with E-state index in [4.69, 9.17) is 4.74 Å². The summed E-state index contributed by atoms with van der Waals surface area (Å²) in [4.78, 5) is 0. The van der Waals surface area contributed by atoms with Gasteiger partial charge in [-0.15, -0.1) is 0 Å². The van der Waals surface area contributed by atoms with Crippen molar-refractivity contribution < 1.29 is 9.84 Å². The van der Waals surface area contributed by atoms with Crippen LogP contribution in [0, 0.1) is 0 Å². The molecule has 1 N–H and O–H groups in total. The van der Waals surface area contributed by atoms with E-state index < -0.39 is 0 Å². The molecular weight excluding hydrogens is 188 g/mol. The van der Waals surface area contributed by atoms with Crippen molar-refractivity contribution in [1.29, 1.82) is 0 Å². The molecule has 0 radical (unpaired) electrons. The number of rotatable bonds is 4. The first-order chi connectivity index (χ1) is 7.29. The van der Waals surface area contributed by atoms with Crippen LogP contribution in [0.25, 0.3) is 0 Å². The van der Waals surface area contributed by atoms with E-state index in [1.54, 1.807) is 0 Å². The van der Waals surface area contributed by atoms with Crippen LogP contribution in [0.1, 0.15) is 30.9 Å². The zero-order valence-electron chi connectivity index (χ0n) is 9.20. The quantitative estimate of drug-likeness (QED) is 0.819. The molecule has 82 valence electrons. The Labute approximate surface area is 90.9 Å². The van der Waals surface area contributed by atoms with Crippen LogP contribution in [0.2, 0.25) is 0 Å². The zero-order valence-corrected chi connectivity index (χ0v) is 9.20. The van der Waals surface area contributed by atoms with E-state index in [2.05, 4.69) is 18.2 Å². The van der Waals surface area contributed by atoms with Crippen molar-refractivity contribution in [3.05, 3.63) is 29.3 Å². The highest BCUT2D eigenvalue weighted by Gasteiger charge is 2.12. The molecule has 1 aromatic rings. The maximum absolute atomic E-state index is 9.49. The Hall–Kier alpha value is -1.02. The lowest BCUT2D eigenvalue weighted by molar-refractivity contribution is 0.160. The molecule has 0 saturated heterocycles. The van der Waals surface area contributed by atoms with Crippen LogP contribution in [0.3, 0.4) is 0 Å². The van der Waals surface area contributed by atoms with Crippen molar-refractivity contribution in [2.24, 2.45) is 0 Å². The van der Waals surface area contributed by atoms with Gasteiger partial charge in [0.1, 0.15) is 5.75 Å². The van der Waals surface area contributed by atoms with Gasteiger partial charge in [0, 0.05) is 6.42 Å². The summed E-state index contributed by atoms with van der Waals surface area (Å²) in [6.07, 6.45) is 3.53. The molecule has 0 aliphatic carbocycles. The van der Waals surface area contributed by atoms with E-state index in [1.807, 2.05) is 6.92 Å². The Morgan fingerprint density at radius 3 is 3.13 bits per heavy atom. The van der Waals surface area contributed by atoms with Gasteiger partial charge < -0.3 is 9.84 Å². The minimum absolute atomic E-state index is 0.158. The molecule has 0 spiro atoms. The average molecular weight is 206 g/mol. The minimum Gasteiger partial charge on any atom is -0.493 e. The van der Waals surface area contributed by atoms with Crippen molar-refractivity contribution in [2.45, 2.75) is 38.7 Å². The Morgan fingerprint density at radius 2 is 2.33 bits per heavy atom. The summed E-state index contributed by atoms with van der Waals surface area (Å²) in [7, 11) is 0. The first-order valence-corrected chi connectivity index (χ1v) is 5.72. The third-order valence-electron chi connectivity index (χ3n) is 2.99. The first-order valence-electron chi connectivity index (χ1n) is 5.72. The highest BCUT2D eigenvalue weighted by molar-refractivity contribution is 5.39. The minimum atomic E-state index is -0.158. The number of aliphatic hydroxyl groups is 1. The molecule has 0 aromatic heterocycles. The van der Waals surface area contributed by atoms with Crippen LogP contribution in [0.5, 0.6) is 5.75 Å². The van der Waals surface area contributed by atoms with Crippen LogP contribution < -0.4 is 4.74 Å². The van der Waals surface area contributed by atoms with Crippen LogP contribution in [0.15, 0.2) is 18.2 Å². The Kier molecular flexibility index (Phi) is 3.27. The van der Waals surface area contributed by atoms with Gasteiger partial charge in [-0.05, 0) is 36.5 Å². The van der Waals surface area contributed by atoms with Gasteiger partial charge >= 0.3 is 0 Å². The maximum Gasteiger partial charge on any atom is 0.122 e. The molecule has 0 bridgehead atoms. The Bertz CT molecular complexity index is 333. The third-order valence-corrected chi connectivity index (χ3v) is 2.99. The van der Waals surface area contributed by atoms with Crippen LogP contribution in [-0.4, -0.2) is 17.8 Å². The first kappa shape index (κ1) is 10.5. The van der Waals surface area contributed by atoms with Crippen molar-refractivity contribution in [1.82, 2.24) is 0 Å². The Balaban J connectivity index is 1.98. The monoisotopic (exact) mass is 206 g/mol. The number of aryl methyl sites for hydroxylation is 1. The standard InChI is InChI=1S/C13H18O2/c1-2-12(14)5-3-10-4-6-13-11(9-10)7-8-15-13/h4,6,9,12,14H,2-3,5,7-8H2,1H3. The smallest absolute Gasteiger partial charge is 0.122 e. The largest absolute Gasteiger partial charge is 0.493 e. The highest BCUT2D eigenvalue weighted by atomic mass is 16.5. The number of hydrogen-bond donors (Lipinski definition) is 1. The predicted octanol–water partition coefficient (Wildman–Crippen LogP) is 2.33. The number of aliphatic hydroxyl groups excluding tert-OH is 1. The third kappa shape index (κ3) is 2.51. The molecule has 2 heteroatoms.